The van der Waals surface area contributed by atoms with E-state index in [1.165, 1.54) is 5.56 Å². The van der Waals surface area contributed by atoms with Crippen LogP contribution in [0.3, 0.4) is 0 Å². The quantitative estimate of drug-likeness (QED) is 0.454. The summed E-state index contributed by atoms with van der Waals surface area (Å²) in [5, 5.41) is 3.35. The molecule has 2 N–H and O–H groups in total. The number of rotatable bonds is 6. The smallest absolute Gasteiger partial charge is 0.203 e. The van der Waals surface area contributed by atoms with Gasteiger partial charge in [-0.25, -0.2) is 4.99 Å². The summed E-state index contributed by atoms with van der Waals surface area (Å²) in [6.07, 6.45) is 1.84. The molecular formula is C23H20N4. The van der Waals surface area contributed by atoms with Crippen molar-refractivity contribution in [1.29, 1.82) is 0 Å². The van der Waals surface area contributed by atoms with E-state index in [0.29, 0.717) is 18.3 Å². The van der Waals surface area contributed by atoms with Crippen molar-refractivity contribution in [2.75, 3.05) is 5.32 Å². The van der Waals surface area contributed by atoms with Crippen LogP contribution in [0.2, 0.25) is 0 Å². The molecule has 0 saturated heterocycles. The van der Waals surface area contributed by atoms with Gasteiger partial charge in [0.15, 0.2) is 5.82 Å². The van der Waals surface area contributed by atoms with Crippen molar-refractivity contribution >= 4 is 18.0 Å². The lowest BCUT2D eigenvalue weighted by Crippen LogP contribution is -2.00. The molecular weight excluding hydrogens is 332 g/mol. The summed E-state index contributed by atoms with van der Waals surface area (Å²) in [6.45, 7) is 0.699. The first kappa shape index (κ1) is 16.8. The summed E-state index contributed by atoms with van der Waals surface area (Å²) >= 11 is 0. The maximum absolute atomic E-state index is 4.65. The van der Waals surface area contributed by atoms with Crippen LogP contribution in [-0.4, -0.2) is 16.2 Å². The van der Waals surface area contributed by atoms with Crippen molar-refractivity contribution in [2.45, 2.75) is 6.54 Å². The predicted octanol–water partition coefficient (Wildman–Crippen LogP) is 5.44. The summed E-state index contributed by atoms with van der Waals surface area (Å²) in [5.41, 5.74) is 4.19. The van der Waals surface area contributed by atoms with Crippen LogP contribution >= 0.6 is 0 Å². The first-order valence-electron chi connectivity index (χ1n) is 8.91. The highest BCUT2D eigenvalue weighted by Crippen LogP contribution is 2.29. The third-order valence-electron chi connectivity index (χ3n) is 4.19. The fourth-order valence-electron chi connectivity index (χ4n) is 2.80. The third kappa shape index (κ3) is 4.30. The molecule has 0 amide bonds. The van der Waals surface area contributed by atoms with Crippen molar-refractivity contribution in [3.05, 3.63) is 102 Å². The topological polar surface area (TPSA) is 53.1 Å². The van der Waals surface area contributed by atoms with E-state index in [1.54, 1.807) is 0 Å². The van der Waals surface area contributed by atoms with Gasteiger partial charge >= 0.3 is 0 Å². The molecule has 0 atom stereocenters. The number of H-pyrrole nitrogens is 1. The average Bonchev–Trinajstić information content (AvgIpc) is 3.16. The second kappa shape index (κ2) is 8.15. The first-order valence-corrected chi connectivity index (χ1v) is 8.91. The molecule has 0 fully saturated rings. The van der Waals surface area contributed by atoms with Crippen LogP contribution in [0, 0.1) is 0 Å². The molecule has 1 heterocycles. The van der Waals surface area contributed by atoms with Crippen molar-refractivity contribution < 1.29 is 0 Å². The molecule has 0 spiro atoms. The monoisotopic (exact) mass is 352 g/mol. The number of aromatic amines is 1. The summed E-state index contributed by atoms with van der Waals surface area (Å²) in [7, 11) is 0. The molecule has 4 heteroatoms. The van der Waals surface area contributed by atoms with Crippen LogP contribution < -0.4 is 5.32 Å². The number of hydrogen-bond donors (Lipinski definition) is 2. The van der Waals surface area contributed by atoms with Crippen molar-refractivity contribution in [3.8, 4) is 11.3 Å². The number of nitrogens with one attached hydrogen (secondary N) is 2. The zero-order valence-electron chi connectivity index (χ0n) is 14.8. The number of hydrogen-bond acceptors (Lipinski definition) is 3. The van der Waals surface area contributed by atoms with E-state index in [2.05, 4.69) is 44.5 Å². The largest absolute Gasteiger partial charge is 0.352 e. The number of benzene rings is 3. The highest BCUT2D eigenvalue weighted by Gasteiger charge is 2.11. The number of nitrogens with zero attached hydrogens (tertiary/aromatic N) is 2. The van der Waals surface area contributed by atoms with E-state index in [1.807, 2.05) is 72.9 Å². The van der Waals surface area contributed by atoms with Gasteiger partial charge < -0.3 is 10.3 Å². The van der Waals surface area contributed by atoms with Gasteiger partial charge in [0.2, 0.25) is 5.95 Å². The van der Waals surface area contributed by atoms with Gasteiger partial charge in [-0.1, -0.05) is 91.0 Å². The molecule has 0 radical (unpaired) electrons. The van der Waals surface area contributed by atoms with Crippen molar-refractivity contribution in [2.24, 2.45) is 4.99 Å². The second-order valence-corrected chi connectivity index (χ2v) is 6.16. The molecule has 4 aromatic rings. The van der Waals surface area contributed by atoms with Crippen LogP contribution in [0.4, 0.5) is 11.8 Å². The van der Waals surface area contributed by atoms with E-state index in [4.69, 9.17) is 0 Å². The van der Waals surface area contributed by atoms with Crippen LogP contribution in [0.1, 0.15) is 11.1 Å². The summed E-state index contributed by atoms with van der Waals surface area (Å²) in [4.78, 5) is 12.6. The lowest BCUT2D eigenvalue weighted by molar-refractivity contribution is 1.09. The SMILES string of the molecule is C(=N\c1nc(NCc2ccccc2)[nH]c1-c1ccccc1)/c1ccccc1. The van der Waals surface area contributed by atoms with Crippen LogP contribution in [-0.2, 0) is 6.54 Å². The van der Waals surface area contributed by atoms with Gasteiger partial charge in [0.1, 0.15) is 0 Å². The molecule has 27 heavy (non-hydrogen) atoms. The van der Waals surface area contributed by atoms with E-state index in [9.17, 15) is 0 Å². The molecule has 0 saturated carbocycles. The fraction of sp³-hybridized carbons (Fsp3) is 0.0435. The second-order valence-electron chi connectivity index (χ2n) is 6.16. The zero-order valence-corrected chi connectivity index (χ0v) is 14.8. The molecule has 4 rings (SSSR count). The summed E-state index contributed by atoms with van der Waals surface area (Å²) < 4.78 is 0. The molecule has 0 aliphatic heterocycles. The van der Waals surface area contributed by atoms with E-state index in [0.717, 1.165) is 16.8 Å². The lowest BCUT2D eigenvalue weighted by Gasteiger charge is -2.02. The molecule has 0 bridgehead atoms. The van der Waals surface area contributed by atoms with Crippen molar-refractivity contribution in [3.63, 3.8) is 0 Å². The fourth-order valence-corrected chi connectivity index (χ4v) is 2.80. The maximum Gasteiger partial charge on any atom is 0.203 e. The molecule has 0 aliphatic rings. The Hall–Kier alpha value is -3.66. The van der Waals surface area contributed by atoms with E-state index in [-0.39, 0.29) is 0 Å². The van der Waals surface area contributed by atoms with Gasteiger partial charge in [0, 0.05) is 18.3 Å². The normalized spacial score (nSPS) is 11.0. The molecule has 3 aromatic carbocycles. The summed E-state index contributed by atoms with van der Waals surface area (Å²) in [5.74, 6) is 1.37. The van der Waals surface area contributed by atoms with Crippen LogP contribution in [0.25, 0.3) is 11.3 Å². The number of imidazole rings is 1. The van der Waals surface area contributed by atoms with E-state index < -0.39 is 0 Å². The Kier molecular flexibility index (Phi) is 5.07. The van der Waals surface area contributed by atoms with Crippen LogP contribution in [0.15, 0.2) is 96.0 Å². The first-order chi connectivity index (χ1) is 13.4. The highest BCUT2D eigenvalue weighted by molar-refractivity contribution is 5.84. The Bertz CT molecular complexity index is 1010. The molecule has 0 aliphatic carbocycles. The minimum Gasteiger partial charge on any atom is -0.352 e. The number of aromatic nitrogens is 2. The molecule has 4 nitrogen and oxygen atoms in total. The van der Waals surface area contributed by atoms with Gasteiger partial charge in [-0.05, 0) is 11.1 Å². The minimum atomic E-state index is 0.667. The highest BCUT2D eigenvalue weighted by atomic mass is 15.2. The molecule has 132 valence electrons. The van der Waals surface area contributed by atoms with Gasteiger partial charge in [-0.15, -0.1) is 0 Å². The Balaban J connectivity index is 1.62. The van der Waals surface area contributed by atoms with Gasteiger partial charge in [-0.3, -0.25) is 0 Å². The third-order valence-corrected chi connectivity index (χ3v) is 4.19. The molecule has 1 aromatic heterocycles. The minimum absolute atomic E-state index is 0.667. The summed E-state index contributed by atoms with van der Waals surface area (Å²) in [6, 6.07) is 30.4. The Morgan fingerprint density at radius 3 is 2.15 bits per heavy atom. The van der Waals surface area contributed by atoms with Gasteiger partial charge in [-0.2, -0.15) is 4.98 Å². The predicted molar refractivity (Wildman–Crippen MR) is 111 cm³/mol. The van der Waals surface area contributed by atoms with E-state index >= 15 is 0 Å². The number of aliphatic imine (C=N–C) groups is 1. The maximum atomic E-state index is 4.65. The average molecular weight is 352 g/mol. The Morgan fingerprint density at radius 1 is 0.815 bits per heavy atom. The van der Waals surface area contributed by atoms with Crippen molar-refractivity contribution in [1.82, 2.24) is 9.97 Å². The van der Waals surface area contributed by atoms with Gasteiger partial charge in [0.05, 0.1) is 5.69 Å². The Morgan fingerprint density at radius 2 is 1.44 bits per heavy atom. The molecule has 0 unspecified atom stereocenters. The zero-order chi connectivity index (χ0) is 18.3. The van der Waals surface area contributed by atoms with Crippen LogP contribution in [0.5, 0.6) is 0 Å². The Labute approximate surface area is 158 Å². The van der Waals surface area contributed by atoms with Gasteiger partial charge in [0.25, 0.3) is 0 Å². The number of anilines is 1. The standard InChI is InChI=1S/C23H20N4/c1-4-10-18(11-5-1)16-24-22-21(20-14-8-3-9-15-20)26-23(27-22)25-17-19-12-6-2-7-13-19/h1-16H,17H2,(H2,25,26,27)/b24-16+. The lowest BCUT2D eigenvalue weighted by atomic mass is 10.1.